The van der Waals surface area contributed by atoms with E-state index in [2.05, 4.69) is 9.72 Å². The summed E-state index contributed by atoms with van der Waals surface area (Å²) in [6, 6.07) is 5.86. The minimum Gasteiger partial charge on any atom is -0.464 e. The number of hydrogen-bond donors (Lipinski definition) is 0. The van der Waals surface area contributed by atoms with Gasteiger partial charge in [0.2, 0.25) is 11.8 Å². The molecule has 27 heavy (non-hydrogen) atoms. The van der Waals surface area contributed by atoms with E-state index in [0.29, 0.717) is 12.1 Å². The molecular formula is C18H19N3O6. The van der Waals surface area contributed by atoms with Gasteiger partial charge in [-0.3, -0.25) is 14.9 Å². The third kappa shape index (κ3) is 5.50. The number of carbonyl (C=O) groups is 2. The molecule has 0 radical (unpaired) electrons. The Balaban J connectivity index is 2.06. The first-order valence-electron chi connectivity index (χ1n) is 8.18. The van der Waals surface area contributed by atoms with Crippen molar-refractivity contribution >= 4 is 23.6 Å². The van der Waals surface area contributed by atoms with Gasteiger partial charge in [0.05, 0.1) is 18.6 Å². The van der Waals surface area contributed by atoms with Gasteiger partial charge in [-0.1, -0.05) is 6.92 Å². The predicted octanol–water partition coefficient (Wildman–Crippen LogP) is 2.82. The van der Waals surface area contributed by atoms with Gasteiger partial charge in [-0.15, -0.1) is 0 Å². The second-order valence-corrected chi connectivity index (χ2v) is 5.56. The number of ether oxygens (including phenoxy) is 1. The zero-order valence-electron chi connectivity index (χ0n) is 15.0. The number of aromatic nitrogens is 1. The highest BCUT2D eigenvalue weighted by molar-refractivity contribution is 5.91. The van der Waals surface area contributed by atoms with E-state index in [9.17, 15) is 19.7 Å². The Hall–Kier alpha value is -3.49. The summed E-state index contributed by atoms with van der Waals surface area (Å²) in [6.45, 7) is 2.50. The number of non-ortho nitro benzene ring substituents is 1. The monoisotopic (exact) mass is 373 g/mol. The fourth-order valence-corrected chi connectivity index (χ4v) is 2.26. The van der Waals surface area contributed by atoms with Crippen LogP contribution in [0, 0.1) is 10.1 Å². The molecule has 1 aromatic carbocycles. The van der Waals surface area contributed by atoms with Crippen molar-refractivity contribution in [2.75, 3.05) is 13.7 Å². The third-order valence-electron chi connectivity index (χ3n) is 3.60. The molecule has 2 rings (SSSR count). The lowest BCUT2D eigenvalue weighted by Gasteiger charge is -2.18. The molecule has 0 saturated carbocycles. The van der Waals surface area contributed by atoms with E-state index in [0.717, 1.165) is 6.42 Å². The molecule has 142 valence electrons. The van der Waals surface area contributed by atoms with Crippen molar-refractivity contribution in [2.24, 2.45) is 0 Å². The van der Waals surface area contributed by atoms with Crippen molar-refractivity contribution in [3.8, 4) is 0 Å². The number of carbonyl (C=O) groups excluding carboxylic acids is 2. The quantitative estimate of drug-likeness (QED) is 0.302. The minimum absolute atomic E-state index is 0.0172. The van der Waals surface area contributed by atoms with Gasteiger partial charge in [0.15, 0.2) is 5.69 Å². The topological polar surface area (TPSA) is 116 Å². The van der Waals surface area contributed by atoms with Gasteiger partial charge in [-0.2, -0.15) is 0 Å². The third-order valence-corrected chi connectivity index (χ3v) is 3.60. The Kier molecular flexibility index (Phi) is 6.81. The summed E-state index contributed by atoms with van der Waals surface area (Å²) in [4.78, 5) is 39.6. The number of esters is 1. The van der Waals surface area contributed by atoms with Crippen LogP contribution >= 0.6 is 0 Å². The molecular weight excluding hydrogens is 354 g/mol. The summed E-state index contributed by atoms with van der Waals surface area (Å²) in [5.41, 5.74) is 0.684. The van der Waals surface area contributed by atoms with E-state index in [-0.39, 0.29) is 29.7 Å². The summed E-state index contributed by atoms with van der Waals surface area (Å²) in [6.07, 6.45) is 4.86. The molecule has 0 bridgehead atoms. The molecule has 0 atom stereocenters. The van der Waals surface area contributed by atoms with Crippen LogP contribution < -0.4 is 0 Å². The standard InChI is InChI=1S/C18H19N3O6/c1-3-10-20(11-16-19-15(12-27-16)18(23)26-2)17(22)9-6-13-4-7-14(8-5-13)21(24)25/h4-9,12H,3,10-11H2,1-2H3/b9-6+. The Bertz CT molecular complexity index is 841. The maximum atomic E-state index is 12.5. The number of nitro benzene ring substituents is 1. The minimum atomic E-state index is -0.614. The van der Waals surface area contributed by atoms with Crippen molar-refractivity contribution in [3.05, 3.63) is 63.9 Å². The maximum absolute atomic E-state index is 12.5. The lowest BCUT2D eigenvalue weighted by Crippen LogP contribution is -2.29. The van der Waals surface area contributed by atoms with Crippen LogP contribution in [0.5, 0.6) is 0 Å². The SMILES string of the molecule is CCCN(Cc1nc(C(=O)OC)co1)C(=O)/C=C/c1ccc([N+](=O)[O-])cc1. The molecule has 9 nitrogen and oxygen atoms in total. The number of amides is 1. The lowest BCUT2D eigenvalue weighted by atomic mass is 10.2. The first kappa shape index (κ1) is 19.8. The van der Waals surface area contributed by atoms with Crippen molar-refractivity contribution in [3.63, 3.8) is 0 Å². The van der Waals surface area contributed by atoms with Gasteiger partial charge >= 0.3 is 5.97 Å². The van der Waals surface area contributed by atoms with Gasteiger partial charge in [0.1, 0.15) is 6.26 Å². The summed E-state index contributed by atoms with van der Waals surface area (Å²) < 4.78 is 9.78. The largest absolute Gasteiger partial charge is 0.464 e. The molecule has 0 aliphatic heterocycles. The van der Waals surface area contributed by atoms with Crippen molar-refractivity contribution in [1.82, 2.24) is 9.88 Å². The second kappa shape index (κ2) is 9.27. The highest BCUT2D eigenvalue weighted by Crippen LogP contribution is 2.13. The zero-order valence-corrected chi connectivity index (χ0v) is 15.0. The molecule has 0 aliphatic rings. The number of nitrogens with zero attached hydrogens (tertiary/aromatic N) is 3. The van der Waals surface area contributed by atoms with Crippen LogP contribution in [0.15, 0.2) is 41.0 Å². The average Bonchev–Trinajstić information content (AvgIpc) is 3.14. The smallest absolute Gasteiger partial charge is 0.360 e. The number of nitro groups is 1. The van der Waals surface area contributed by atoms with Gasteiger partial charge < -0.3 is 14.1 Å². The van der Waals surface area contributed by atoms with E-state index in [4.69, 9.17) is 4.42 Å². The van der Waals surface area contributed by atoms with Gasteiger partial charge in [-0.25, -0.2) is 9.78 Å². The summed E-state index contributed by atoms with van der Waals surface area (Å²) in [7, 11) is 1.24. The van der Waals surface area contributed by atoms with Crippen LogP contribution in [0.1, 0.15) is 35.3 Å². The van der Waals surface area contributed by atoms with E-state index >= 15 is 0 Å². The molecule has 2 aromatic rings. The fourth-order valence-electron chi connectivity index (χ4n) is 2.26. The molecule has 0 unspecified atom stereocenters. The maximum Gasteiger partial charge on any atom is 0.360 e. The summed E-state index contributed by atoms with van der Waals surface area (Å²) in [5.74, 6) is -0.662. The second-order valence-electron chi connectivity index (χ2n) is 5.56. The molecule has 0 aliphatic carbocycles. The van der Waals surface area contributed by atoms with Crippen LogP contribution in [0.3, 0.4) is 0 Å². The van der Waals surface area contributed by atoms with Crippen LogP contribution in [0.2, 0.25) is 0 Å². The first-order valence-corrected chi connectivity index (χ1v) is 8.18. The highest BCUT2D eigenvalue weighted by atomic mass is 16.6. The normalized spacial score (nSPS) is 10.7. The molecule has 0 saturated heterocycles. The summed E-state index contributed by atoms with van der Waals surface area (Å²) >= 11 is 0. The number of hydrogen-bond acceptors (Lipinski definition) is 7. The Morgan fingerprint density at radius 3 is 2.63 bits per heavy atom. The summed E-state index contributed by atoms with van der Waals surface area (Å²) in [5, 5.41) is 10.7. The van der Waals surface area contributed by atoms with Crippen molar-refractivity contribution in [1.29, 1.82) is 0 Å². The van der Waals surface area contributed by atoms with E-state index in [1.54, 1.807) is 18.2 Å². The van der Waals surface area contributed by atoms with Crippen LogP contribution in [-0.2, 0) is 16.1 Å². The Labute approximate surface area is 155 Å². The van der Waals surface area contributed by atoms with Crippen molar-refractivity contribution in [2.45, 2.75) is 19.9 Å². The Morgan fingerprint density at radius 2 is 2.04 bits per heavy atom. The molecule has 1 amide bonds. The van der Waals surface area contributed by atoms with E-state index in [1.807, 2.05) is 6.92 Å². The number of benzene rings is 1. The first-order chi connectivity index (χ1) is 12.9. The fraction of sp³-hybridized carbons (Fsp3) is 0.278. The van der Waals surface area contributed by atoms with Crippen molar-refractivity contribution < 1.29 is 23.7 Å². The zero-order chi connectivity index (χ0) is 19.8. The molecule has 0 spiro atoms. The molecule has 9 heteroatoms. The molecule has 0 fully saturated rings. The van der Waals surface area contributed by atoms with Gasteiger partial charge in [-0.05, 0) is 30.2 Å². The number of rotatable bonds is 8. The number of oxazole rings is 1. The van der Waals surface area contributed by atoms with Gasteiger partial charge in [0, 0.05) is 24.8 Å². The molecule has 0 N–H and O–H groups in total. The van der Waals surface area contributed by atoms with E-state index in [1.165, 1.54) is 36.5 Å². The van der Waals surface area contributed by atoms with Gasteiger partial charge in [0.25, 0.3) is 5.69 Å². The highest BCUT2D eigenvalue weighted by Gasteiger charge is 2.17. The Morgan fingerprint density at radius 1 is 1.33 bits per heavy atom. The lowest BCUT2D eigenvalue weighted by molar-refractivity contribution is -0.384. The van der Waals surface area contributed by atoms with Crippen LogP contribution in [0.4, 0.5) is 5.69 Å². The predicted molar refractivity (Wildman–Crippen MR) is 95.7 cm³/mol. The number of methoxy groups -OCH3 is 1. The molecule has 1 aromatic heterocycles. The molecule has 1 heterocycles. The van der Waals surface area contributed by atoms with E-state index < -0.39 is 10.9 Å². The van der Waals surface area contributed by atoms with Crippen LogP contribution in [0.25, 0.3) is 6.08 Å². The van der Waals surface area contributed by atoms with Crippen LogP contribution in [-0.4, -0.2) is 40.3 Å². The average molecular weight is 373 g/mol.